The van der Waals surface area contributed by atoms with Crippen molar-refractivity contribution in [3.05, 3.63) is 82.8 Å². The predicted octanol–water partition coefficient (Wildman–Crippen LogP) is 3.11. The van der Waals surface area contributed by atoms with Crippen LogP contribution in [-0.4, -0.2) is 64.3 Å². The first-order valence-corrected chi connectivity index (χ1v) is 12.5. The van der Waals surface area contributed by atoms with Gasteiger partial charge in [0.05, 0.1) is 37.4 Å². The number of hydrogen-bond donors (Lipinski definition) is 1. The number of methoxy groups -OCH3 is 2. The molecule has 2 aromatic carbocycles. The molecule has 2 aromatic rings. The SMILES string of the molecule is COC(=O)C1=C(C(=O)OC)N(c2ccc(N3CCC(N(C)C)CC3)cc2)C(N)=C(C#N)C1c1ccccc1. The Hall–Kier alpha value is -4.29. The van der Waals surface area contributed by atoms with Crippen molar-refractivity contribution >= 4 is 23.3 Å². The molecule has 0 amide bonds. The smallest absolute Gasteiger partial charge is 0.355 e. The van der Waals surface area contributed by atoms with Gasteiger partial charge in [0.1, 0.15) is 11.5 Å². The Kier molecular flexibility index (Phi) is 8.03. The van der Waals surface area contributed by atoms with Crippen LogP contribution in [0.1, 0.15) is 24.3 Å². The van der Waals surface area contributed by atoms with Crippen LogP contribution in [0.3, 0.4) is 0 Å². The van der Waals surface area contributed by atoms with Gasteiger partial charge in [0.15, 0.2) is 0 Å². The maximum atomic E-state index is 13.2. The molecule has 2 N–H and O–H groups in total. The molecule has 0 saturated carbocycles. The summed E-state index contributed by atoms with van der Waals surface area (Å²) in [5.74, 6) is -2.35. The lowest BCUT2D eigenvalue weighted by atomic mass is 9.81. The van der Waals surface area contributed by atoms with Gasteiger partial charge < -0.3 is 25.0 Å². The van der Waals surface area contributed by atoms with E-state index in [1.807, 2.05) is 30.3 Å². The average Bonchev–Trinajstić information content (AvgIpc) is 2.96. The maximum Gasteiger partial charge on any atom is 0.355 e. The zero-order valence-corrected chi connectivity index (χ0v) is 22.2. The minimum absolute atomic E-state index is 0.00821. The topological polar surface area (TPSA) is 112 Å². The predicted molar refractivity (Wildman–Crippen MR) is 145 cm³/mol. The Morgan fingerprint density at radius 3 is 2.05 bits per heavy atom. The molecule has 9 heteroatoms. The monoisotopic (exact) mass is 515 g/mol. The van der Waals surface area contributed by atoms with E-state index in [9.17, 15) is 14.9 Å². The number of hydrogen-bond acceptors (Lipinski definition) is 9. The van der Waals surface area contributed by atoms with E-state index in [1.54, 1.807) is 24.3 Å². The minimum Gasteiger partial charge on any atom is -0.466 e. The van der Waals surface area contributed by atoms with Gasteiger partial charge in [-0.05, 0) is 56.8 Å². The van der Waals surface area contributed by atoms with Crippen molar-refractivity contribution in [1.82, 2.24) is 4.90 Å². The largest absolute Gasteiger partial charge is 0.466 e. The summed E-state index contributed by atoms with van der Waals surface area (Å²) < 4.78 is 10.2. The van der Waals surface area contributed by atoms with Gasteiger partial charge in [-0.15, -0.1) is 0 Å². The van der Waals surface area contributed by atoms with Gasteiger partial charge in [-0.1, -0.05) is 30.3 Å². The van der Waals surface area contributed by atoms with Crippen LogP contribution in [0.15, 0.2) is 77.3 Å². The Labute approximate surface area is 223 Å². The number of nitrogens with zero attached hydrogens (tertiary/aromatic N) is 4. The molecule has 9 nitrogen and oxygen atoms in total. The quantitative estimate of drug-likeness (QED) is 0.580. The van der Waals surface area contributed by atoms with Crippen LogP contribution in [0.5, 0.6) is 0 Å². The minimum atomic E-state index is -0.892. The van der Waals surface area contributed by atoms with Crippen molar-refractivity contribution in [2.45, 2.75) is 24.8 Å². The van der Waals surface area contributed by atoms with Crippen molar-refractivity contribution in [3.8, 4) is 6.07 Å². The Morgan fingerprint density at radius 1 is 0.947 bits per heavy atom. The number of allylic oxidation sites excluding steroid dienone is 1. The van der Waals surface area contributed by atoms with Crippen molar-refractivity contribution in [1.29, 1.82) is 5.26 Å². The molecule has 198 valence electrons. The van der Waals surface area contributed by atoms with Crippen LogP contribution in [0, 0.1) is 11.3 Å². The summed E-state index contributed by atoms with van der Waals surface area (Å²) in [5.41, 5.74) is 8.83. The molecule has 1 unspecified atom stereocenters. The highest BCUT2D eigenvalue weighted by Crippen LogP contribution is 2.43. The number of benzene rings is 2. The number of nitriles is 1. The first-order valence-electron chi connectivity index (χ1n) is 12.5. The number of rotatable bonds is 6. The zero-order valence-electron chi connectivity index (χ0n) is 22.2. The number of ether oxygens (including phenoxy) is 2. The first-order chi connectivity index (χ1) is 18.3. The van der Waals surface area contributed by atoms with E-state index < -0.39 is 17.9 Å². The van der Waals surface area contributed by atoms with Gasteiger partial charge in [0.2, 0.25) is 0 Å². The van der Waals surface area contributed by atoms with Crippen molar-refractivity contribution in [3.63, 3.8) is 0 Å². The van der Waals surface area contributed by atoms with E-state index in [4.69, 9.17) is 15.2 Å². The van der Waals surface area contributed by atoms with Gasteiger partial charge in [-0.3, -0.25) is 4.90 Å². The molecule has 2 aliphatic heterocycles. The van der Waals surface area contributed by atoms with Crippen molar-refractivity contribution < 1.29 is 19.1 Å². The first kappa shape index (κ1) is 26.8. The summed E-state index contributed by atoms with van der Waals surface area (Å²) in [6.07, 6.45) is 2.14. The molecular formula is C29H33N5O4. The normalized spacial score (nSPS) is 18.5. The second-order valence-corrected chi connectivity index (χ2v) is 9.53. The van der Waals surface area contributed by atoms with Crippen LogP contribution in [-0.2, 0) is 19.1 Å². The van der Waals surface area contributed by atoms with E-state index in [1.165, 1.54) is 19.1 Å². The standard InChI is InChI=1S/C29H33N5O4/c1-32(2)20-14-16-33(17-15-20)21-10-12-22(13-11-21)34-26(29(36)38-4)25(28(35)37-3)24(23(18-30)27(34)31)19-8-6-5-7-9-19/h5-13,20,24H,14-17,31H2,1-4H3. The lowest BCUT2D eigenvalue weighted by Gasteiger charge is -2.37. The Morgan fingerprint density at radius 2 is 1.53 bits per heavy atom. The number of carbonyl (C=O) groups is 2. The van der Waals surface area contributed by atoms with Crippen LogP contribution < -0.4 is 15.5 Å². The lowest BCUT2D eigenvalue weighted by molar-refractivity contribution is -0.139. The Balaban J connectivity index is 1.80. The number of nitrogens with two attached hydrogens (primary N) is 1. The molecule has 1 atom stereocenters. The van der Waals surface area contributed by atoms with Crippen molar-refractivity contribution in [2.24, 2.45) is 5.73 Å². The van der Waals surface area contributed by atoms with Gasteiger partial charge >= 0.3 is 11.9 Å². The second kappa shape index (κ2) is 11.4. The van der Waals surface area contributed by atoms with Crippen LogP contribution in [0.4, 0.5) is 11.4 Å². The van der Waals surface area contributed by atoms with Gasteiger partial charge in [-0.2, -0.15) is 5.26 Å². The van der Waals surface area contributed by atoms with E-state index in [-0.39, 0.29) is 22.7 Å². The molecular weight excluding hydrogens is 482 g/mol. The fourth-order valence-corrected chi connectivity index (χ4v) is 5.23. The van der Waals surface area contributed by atoms with E-state index in [0.29, 0.717) is 17.3 Å². The fraction of sp³-hybridized carbons (Fsp3) is 0.345. The summed E-state index contributed by atoms with van der Waals surface area (Å²) >= 11 is 0. The molecule has 4 rings (SSSR count). The zero-order chi connectivity index (χ0) is 27.4. The highest BCUT2D eigenvalue weighted by molar-refractivity contribution is 6.06. The third-order valence-corrected chi connectivity index (χ3v) is 7.28. The van der Waals surface area contributed by atoms with Crippen LogP contribution in [0.2, 0.25) is 0 Å². The summed E-state index contributed by atoms with van der Waals surface area (Å²) in [4.78, 5) is 32.4. The second-order valence-electron chi connectivity index (χ2n) is 9.53. The Bertz CT molecular complexity index is 1290. The molecule has 2 aliphatic rings. The van der Waals surface area contributed by atoms with Crippen LogP contribution in [0.25, 0.3) is 0 Å². The average molecular weight is 516 g/mol. The molecule has 1 saturated heterocycles. The number of esters is 2. The molecule has 1 fully saturated rings. The molecule has 0 aliphatic carbocycles. The van der Waals surface area contributed by atoms with Gasteiger partial charge in [-0.25, -0.2) is 9.59 Å². The molecule has 38 heavy (non-hydrogen) atoms. The lowest BCUT2D eigenvalue weighted by Crippen LogP contribution is -2.42. The van der Waals surface area contributed by atoms with Gasteiger partial charge in [0.25, 0.3) is 0 Å². The fourth-order valence-electron chi connectivity index (χ4n) is 5.23. The third kappa shape index (κ3) is 4.95. The molecule has 0 bridgehead atoms. The maximum absolute atomic E-state index is 13.2. The van der Waals surface area contributed by atoms with Gasteiger partial charge in [0, 0.05) is 30.5 Å². The third-order valence-electron chi connectivity index (χ3n) is 7.28. The van der Waals surface area contributed by atoms with E-state index >= 15 is 0 Å². The number of piperidine rings is 1. The summed E-state index contributed by atoms with van der Waals surface area (Å²) in [6, 6.07) is 19.3. The summed E-state index contributed by atoms with van der Waals surface area (Å²) in [5, 5.41) is 10.2. The summed E-state index contributed by atoms with van der Waals surface area (Å²) in [6.45, 7) is 1.87. The summed E-state index contributed by atoms with van der Waals surface area (Å²) in [7, 11) is 6.69. The van der Waals surface area contributed by atoms with E-state index in [2.05, 4.69) is 30.0 Å². The molecule has 2 heterocycles. The van der Waals surface area contributed by atoms with Crippen LogP contribution >= 0.6 is 0 Å². The van der Waals surface area contributed by atoms with E-state index in [0.717, 1.165) is 31.6 Å². The number of anilines is 2. The highest BCUT2D eigenvalue weighted by atomic mass is 16.5. The molecule has 0 aromatic heterocycles. The highest BCUT2D eigenvalue weighted by Gasteiger charge is 2.43. The molecule has 0 radical (unpaired) electrons. The molecule has 0 spiro atoms. The number of carbonyl (C=O) groups excluding carboxylic acids is 2. The van der Waals surface area contributed by atoms with Crippen molar-refractivity contribution in [2.75, 3.05) is 51.2 Å².